The summed E-state index contributed by atoms with van der Waals surface area (Å²) in [5.41, 5.74) is 0.0960. The van der Waals surface area contributed by atoms with Gasteiger partial charge in [-0.2, -0.15) is 0 Å². The summed E-state index contributed by atoms with van der Waals surface area (Å²) in [5, 5.41) is 3.09. The summed E-state index contributed by atoms with van der Waals surface area (Å²) in [6.07, 6.45) is 2.54. The van der Waals surface area contributed by atoms with Crippen LogP contribution in [0.3, 0.4) is 0 Å². The third-order valence-electron chi connectivity index (χ3n) is 4.49. The minimum Gasteiger partial charge on any atom is -0.340 e. The minimum atomic E-state index is -2.87. The number of carbonyl (C=O) groups is 1. The van der Waals surface area contributed by atoms with Gasteiger partial charge in [0.2, 0.25) is 5.91 Å². The van der Waals surface area contributed by atoms with Crippen molar-refractivity contribution in [2.45, 2.75) is 39.2 Å². The summed E-state index contributed by atoms with van der Waals surface area (Å²) in [4.78, 5) is 14.4. The Balaban J connectivity index is 2.08. The first-order valence-corrected chi connectivity index (χ1v) is 9.21. The maximum Gasteiger partial charge on any atom is 0.239 e. The number of hydrogen-bond acceptors (Lipinski definition) is 4. The van der Waals surface area contributed by atoms with Gasteiger partial charge in [0.25, 0.3) is 0 Å². The highest BCUT2D eigenvalue weighted by Crippen LogP contribution is 2.30. The van der Waals surface area contributed by atoms with E-state index in [1.807, 2.05) is 11.9 Å². The highest BCUT2D eigenvalue weighted by molar-refractivity contribution is 7.91. The van der Waals surface area contributed by atoms with Crippen LogP contribution < -0.4 is 5.32 Å². The fraction of sp³-hybridized carbons (Fsp3) is 0.929. The van der Waals surface area contributed by atoms with E-state index < -0.39 is 9.84 Å². The van der Waals surface area contributed by atoms with Crippen molar-refractivity contribution < 1.29 is 13.2 Å². The van der Waals surface area contributed by atoms with Gasteiger partial charge in [-0.3, -0.25) is 4.79 Å². The molecule has 2 atom stereocenters. The van der Waals surface area contributed by atoms with Crippen LogP contribution >= 0.6 is 0 Å². The fourth-order valence-electron chi connectivity index (χ4n) is 3.30. The van der Waals surface area contributed by atoms with Crippen LogP contribution in [0.4, 0.5) is 0 Å². The van der Waals surface area contributed by atoms with Crippen molar-refractivity contribution in [3.8, 4) is 0 Å². The van der Waals surface area contributed by atoms with Crippen molar-refractivity contribution >= 4 is 15.7 Å². The molecule has 0 radical (unpaired) electrons. The number of carbonyl (C=O) groups excluding carboxylic acids is 1. The molecule has 116 valence electrons. The topological polar surface area (TPSA) is 66.5 Å². The Hall–Kier alpha value is -0.620. The molecular weight excluding hydrogens is 276 g/mol. The van der Waals surface area contributed by atoms with E-state index in [4.69, 9.17) is 0 Å². The molecule has 0 saturated carbocycles. The van der Waals surface area contributed by atoms with E-state index >= 15 is 0 Å². The molecule has 0 spiro atoms. The zero-order chi connectivity index (χ0) is 15.0. The van der Waals surface area contributed by atoms with Crippen LogP contribution in [0.15, 0.2) is 0 Å². The Kier molecular flexibility index (Phi) is 4.44. The maximum absolute atomic E-state index is 12.5. The summed E-state index contributed by atoms with van der Waals surface area (Å²) in [7, 11) is -1.06. The van der Waals surface area contributed by atoms with Gasteiger partial charge in [-0.05, 0) is 37.6 Å². The van der Waals surface area contributed by atoms with E-state index in [-0.39, 0.29) is 34.8 Å². The fourth-order valence-corrected chi connectivity index (χ4v) is 5.15. The number of nitrogens with zero attached hydrogens (tertiary/aromatic N) is 1. The van der Waals surface area contributed by atoms with Crippen LogP contribution in [0.25, 0.3) is 0 Å². The zero-order valence-electron chi connectivity index (χ0n) is 12.7. The Morgan fingerprint density at radius 3 is 2.60 bits per heavy atom. The van der Waals surface area contributed by atoms with E-state index in [2.05, 4.69) is 19.2 Å². The largest absolute Gasteiger partial charge is 0.340 e. The molecule has 0 aromatic heterocycles. The van der Waals surface area contributed by atoms with Gasteiger partial charge in [0, 0.05) is 13.1 Å². The molecule has 0 aliphatic carbocycles. The Morgan fingerprint density at radius 1 is 1.35 bits per heavy atom. The van der Waals surface area contributed by atoms with Crippen LogP contribution in [0.5, 0.6) is 0 Å². The summed E-state index contributed by atoms with van der Waals surface area (Å²) in [6, 6.07) is -0.130. The molecule has 2 unspecified atom stereocenters. The van der Waals surface area contributed by atoms with Crippen molar-refractivity contribution in [2.24, 2.45) is 11.3 Å². The summed E-state index contributed by atoms with van der Waals surface area (Å²) >= 11 is 0. The Bertz CT molecular complexity index is 473. The number of rotatable bonds is 3. The van der Waals surface area contributed by atoms with Crippen LogP contribution in [-0.2, 0) is 14.6 Å². The van der Waals surface area contributed by atoms with Crippen molar-refractivity contribution in [3.05, 3.63) is 0 Å². The molecule has 5 nitrogen and oxygen atoms in total. The van der Waals surface area contributed by atoms with Crippen molar-refractivity contribution in [1.29, 1.82) is 0 Å². The van der Waals surface area contributed by atoms with Gasteiger partial charge in [0.1, 0.15) is 0 Å². The molecule has 2 aliphatic rings. The van der Waals surface area contributed by atoms with E-state index in [1.165, 1.54) is 0 Å². The molecule has 1 N–H and O–H groups in total. The number of nitrogens with one attached hydrogen (secondary N) is 1. The first kappa shape index (κ1) is 15.8. The third-order valence-corrected chi connectivity index (χ3v) is 6.33. The minimum absolute atomic E-state index is 0.0960. The van der Waals surface area contributed by atoms with Gasteiger partial charge >= 0.3 is 0 Å². The molecule has 2 heterocycles. The smallest absolute Gasteiger partial charge is 0.239 e. The number of amides is 1. The van der Waals surface area contributed by atoms with Gasteiger partial charge in [-0.1, -0.05) is 13.8 Å². The molecule has 2 rings (SSSR count). The van der Waals surface area contributed by atoms with Crippen LogP contribution in [0, 0.1) is 11.3 Å². The molecule has 2 fully saturated rings. The Morgan fingerprint density at radius 2 is 2.05 bits per heavy atom. The average Bonchev–Trinajstić information content (AvgIpc) is 2.62. The van der Waals surface area contributed by atoms with Crippen molar-refractivity contribution in [2.75, 3.05) is 31.6 Å². The second-order valence-electron chi connectivity index (χ2n) is 7.03. The number of likely N-dealkylation sites (N-methyl/N-ethyl adjacent to an activating group) is 1. The van der Waals surface area contributed by atoms with E-state index in [0.717, 1.165) is 19.4 Å². The number of likely N-dealkylation sites (tertiary alicyclic amines) is 1. The lowest BCUT2D eigenvalue weighted by molar-refractivity contribution is -0.134. The molecule has 1 amide bonds. The predicted molar refractivity (Wildman–Crippen MR) is 79.2 cm³/mol. The molecular formula is C14H26N2O3S. The van der Waals surface area contributed by atoms with Crippen LogP contribution in [-0.4, -0.2) is 56.9 Å². The van der Waals surface area contributed by atoms with Crippen LogP contribution in [0.2, 0.25) is 0 Å². The first-order valence-electron chi connectivity index (χ1n) is 7.39. The average molecular weight is 302 g/mol. The normalized spacial score (nSPS) is 33.1. The standard InChI is InChI=1S/C14H26N2O3S/c1-14(2)6-4-12(15-3)13(17)16(10-14)8-11-5-7-20(18,19)9-11/h11-12,15H,4-10H2,1-3H3. The second-order valence-corrected chi connectivity index (χ2v) is 9.26. The second kappa shape index (κ2) is 5.64. The number of hydrogen-bond donors (Lipinski definition) is 1. The molecule has 20 heavy (non-hydrogen) atoms. The predicted octanol–water partition coefficient (Wildman–Crippen LogP) is 0.658. The molecule has 0 aromatic carbocycles. The lowest BCUT2D eigenvalue weighted by atomic mass is 9.87. The van der Waals surface area contributed by atoms with E-state index in [0.29, 0.717) is 13.0 Å². The molecule has 0 aromatic rings. The molecule has 6 heteroatoms. The maximum atomic E-state index is 12.5. The first-order chi connectivity index (χ1) is 9.22. The van der Waals surface area contributed by atoms with Gasteiger partial charge in [0.15, 0.2) is 9.84 Å². The highest BCUT2D eigenvalue weighted by Gasteiger charge is 2.37. The van der Waals surface area contributed by atoms with E-state index in [1.54, 1.807) is 0 Å². The molecule has 0 bridgehead atoms. The SMILES string of the molecule is CNC1CCC(C)(C)CN(CC2CCS(=O)(=O)C2)C1=O. The molecule has 2 saturated heterocycles. The molecule has 2 aliphatic heterocycles. The third kappa shape index (κ3) is 3.73. The van der Waals surface area contributed by atoms with Crippen molar-refractivity contribution in [1.82, 2.24) is 10.2 Å². The summed E-state index contributed by atoms with van der Waals surface area (Å²) in [5.74, 6) is 0.748. The zero-order valence-corrected chi connectivity index (χ0v) is 13.5. The lowest BCUT2D eigenvalue weighted by Crippen LogP contribution is -2.47. The quantitative estimate of drug-likeness (QED) is 0.831. The van der Waals surface area contributed by atoms with Crippen LogP contribution in [0.1, 0.15) is 33.1 Å². The number of sulfone groups is 1. The van der Waals surface area contributed by atoms with Crippen molar-refractivity contribution in [3.63, 3.8) is 0 Å². The summed E-state index contributed by atoms with van der Waals surface area (Å²) < 4.78 is 23.1. The monoisotopic (exact) mass is 302 g/mol. The van der Waals surface area contributed by atoms with Gasteiger partial charge < -0.3 is 10.2 Å². The lowest BCUT2D eigenvalue weighted by Gasteiger charge is -2.31. The van der Waals surface area contributed by atoms with Gasteiger partial charge in [-0.25, -0.2) is 8.42 Å². The Labute approximate surface area is 122 Å². The van der Waals surface area contributed by atoms with Gasteiger partial charge in [-0.15, -0.1) is 0 Å². The van der Waals surface area contributed by atoms with Gasteiger partial charge in [0.05, 0.1) is 17.5 Å². The summed E-state index contributed by atoms with van der Waals surface area (Å²) in [6.45, 7) is 5.66. The van der Waals surface area contributed by atoms with E-state index in [9.17, 15) is 13.2 Å². The highest BCUT2D eigenvalue weighted by atomic mass is 32.2.